The number of nitrogens with one attached hydrogen (secondary N) is 2. The van der Waals surface area contributed by atoms with Crippen LogP contribution in [0.15, 0.2) is 30.3 Å². The van der Waals surface area contributed by atoms with Gasteiger partial charge in [0.15, 0.2) is 6.61 Å². The van der Waals surface area contributed by atoms with Crippen LogP contribution in [-0.4, -0.2) is 42.2 Å². The van der Waals surface area contributed by atoms with E-state index < -0.39 is 6.04 Å². The Bertz CT molecular complexity index is 476. The van der Waals surface area contributed by atoms with E-state index in [1.165, 1.54) is 0 Å². The minimum atomic E-state index is -0.666. The molecule has 22 heavy (non-hydrogen) atoms. The molecular weight excluding hydrogens is 284 g/mol. The van der Waals surface area contributed by atoms with Crippen LogP contribution in [0, 0.1) is 5.92 Å². The lowest BCUT2D eigenvalue weighted by molar-refractivity contribution is -0.131. The zero-order chi connectivity index (χ0) is 16.5. The summed E-state index contributed by atoms with van der Waals surface area (Å²) in [6.07, 6.45) is 0. The van der Waals surface area contributed by atoms with Gasteiger partial charge in [-0.15, -0.1) is 0 Å². The predicted octanol–water partition coefficient (Wildman–Crippen LogP) is 0.703. The van der Waals surface area contributed by atoms with E-state index in [1.54, 1.807) is 19.1 Å². The van der Waals surface area contributed by atoms with Crippen LogP contribution in [-0.2, 0) is 9.59 Å². The first-order chi connectivity index (χ1) is 10.4. The Hall–Kier alpha value is -2.08. The summed E-state index contributed by atoms with van der Waals surface area (Å²) in [5.41, 5.74) is 0. The molecule has 6 heteroatoms. The first kappa shape index (κ1) is 18.0. The molecule has 0 saturated heterocycles. The van der Waals surface area contributed by atoms with Gasteiger partial charge in [-0.3, -0.25) is 9.59 Å². The number of para-hydroxylation sites is 1. The first-order valence-electron chi connectivity index (χ1n) is 7.32. The van der Waals surface area contributed by atoms with Crippen molar-refractivity contribution in [3.63, 3.8) is 0 Å². The lowest BCUT2D eigenvalue weighted by Gasteiger charge is -2.23. The molecular formula is C16H24N2O4. The van der Waals surface area contributed by atoms with E-state index in [0.717, 1.165) is 0 Å². The summed E-state index contributed by atoms with van der Waals surface area (Å²) in [5, 5.41) is 14.3. The van der Waals surface area contributed by atoms with E-state index in [0.29, 0.717) is 5.75 Å². The Labute approximate surface area is 130 Å². The van der Waals surface area contributed by atoms with Gasteiger partial charge in [-0.2, -0.15) is 0 Å². The predicted molar refractivity (Wildman–Crippen MR) is 83.4 cm³/mol. The quantitative estimate of drug-likeness (QED) is 0.660. The fourth-order valence-corrected chi connectivity index (χ4v) is 1.79. The molecule has 0 aliphatic carbocycles. The molecule has 0 aliphatic rings. The molecule has 0 bridgehead atoms. The zero-order valence-corrected chi connectivity index (χ0v) is 13.2. The van der Waals surface area contributed by atoms with E-state index in [9.17, 15) is 9.59 Å². The van der Waals surface area contributed by atoms with E-state index >= 15 is 0 Å². The van der Waals surface area contributed by atoms with Crippen molar-refractivity contribution in [3.05, 3.63) is 30.3 Å². The third kappa shape index (κ3) is 6.13. The number of amides is 2. The second-order valence-electron chi connectivity index (χ2n) is 5.48. The normalized spacial score (nSPS) is 13.3. The zero-order valence-electron chi connectivity index (χ0n) is 13.2. The van der Waals surface area contributed by atoms with Gasteiger partial charge in [-0.1, -0.05) is 32.0 Å². The Morgan fingerprint density at radius 1 is 1.14 bits per heavy atom. The number of aliphatic hydroxyl groups is 1. The van der Waals surface area contributed by atoms with Gasteiger partial charge in [-0.25, -0.2) is 0 Å². The molecule has 2 amide bonds. The lowest BCUT2D eigenvalue weighted by atomic mass is 10.0. The summed E-state index contributed by atoms with van der Waals surface area (Å²) in [4.78, 5) is 24.0. The van der Waals surface area contributed by atoms with Crippen molar-refractivity contribution >= 4 is 11.8 Å². The molecule has 0 radical (unpaired) electrons. The van der Waals surface area contributed by atoms with Crippen molar-refractivity contribution in [1.82, 2.24) is 10.6 Å². The molecule has 122 valence electrons. The number of benzene rings is 1. The van der Waals surface area contributed by atoms with Crippen LogP contribution in [0.3, 0.4) is 0 Å². The largest absolute Gasteiger partial charge is 0.484 e. The van der Waals surface area contributed by atoms with Gasteiger partial charge in [0.1, 0.15) is 11.8 Å². The maximum absolute atomic E-state index is 12.1. The van der Waals surface area contributed by atoms with Gasteiger partial charge in [0.2, 0.25) is 5.91 Å². The molecule has 1 aromatic rings. The summed E-state index contributed by atoms with van der Waals surface area (Å²) < 4.78 is 5.35. The molecule has 0 spiro atoms. The van der Waals surface area contributed by atoms with Gasteiger partial charge < -0.3 is 20.5 Å². The topological polar surface area (TPSA) is 87.7 Å². The average Bonchev–Trinajstić information content (AvgIpc) is 2.51. The highest BCUT2D eigenvalue weighted by molar-refractivity contribution is 5.88. The summed E-state index contributed by atoms with van der Waals surface area (Å²) in [6, 6.07) is 7.97. The second-order valence-corrected chi connectivity index (χ2v) is 5.48. The van der Waals surface area contributed by atoms with Gasteiger partial charge in [0, 0.05) is 6.04 Å². The standard InChI is InChI=1S/C16H24N2O4/c1-11(2)15(16(21)17-12(3)9-19)18-14(20)10-22-13-7-5-4-6-8-13/h4-8,11-12,15,19H,9-10H2,1-3H3,(H,17,21)(H,18,20). The van der Waals surface area contributed by atoms with Crippen LogP contribution < -0.4 is 15.4 Å². The number of aliphatic hydroxyl groups excluding tert-OH is 1. The fraction of sp³-hybridized carbons (Fsp3) is 0.500. The number of rotatable bonds is 8. The van der Waals surface area contributed by atoms with Crippen molar-refractivity contribution in [2.45, 2.75) is 32.9 Å². The highest BCUT2D eigenvalue weighted by Gasteiger charge is 2.25. The molecule has 1 rings (SSSR count). The SMILES string of the molecule is CC(CO)NC(=O)C(NC(=O)COc1ccccc1)C(C)C. The molecule has 2 unspecified atom stereocenters. The van der Waals surface area contributed by atoms with Crippen LogP contribution in [0.25, 0.3) is 0 Å². The maximum atomic E-state index is 12.1. The number of hydrogen-bond donors (Lipinski definition) is 3. The summed E-state index contributed by atoms with van der Waals surface area (Å²) in [6.45, 7) is 5.06. The molecule has 0 aromatic heterocycles. The van der Waals surface area contributed by atoms with Crippen LogP contribution >= 0.6 is 0 Å². The van der Waals surface area contributed by atoms with Crippen molar-refractivity contribution in [2.75, 3.05) is 13.2 Å². The van der Waals surface area contributed by atoms with Crippen molar-refractivity contribution in [2.24, 2.45) is 5.92 Å². The Balaban J connectivity index is 2.51. The molecule has 3 N–H and O–H groups in total. The van der Waals surface area contributed by atoms with Crippen LogP contribution in [0.5, 0.6) is 5.75 Å². The highest BCUT2D eigenvalue weighted by Crippen LogP contribution is 2.08. The van der Waals surface area contributed by atoms with E-state index in [1.807, 2.05) is 32.0 Å². The van der Waals surface area contributed by atoms with Crippen LogP contribution in [0.4, 0.5) is 0 Å². The summed E-state index contributed by atoms with van der Waals surface area (Å²) in [5.74, 6) is -0.164. The van der Waals surface area contributed by atoms with Gasteiger partial charge in [-0.05, 0) is 25.0 Å². The lowest BCUT2D eigenvalue weighted by Crippen LogP contribution is -2.53. The molecule has 0 aliphatic heterocycles. The number of ether oxygens (including phenoxy) is 1. The second kappa shape index (κ2) is 9.04. The number of carbonyl (C=O) groups excluding carboxylic acids is 2. The van der Waals surface area contributed by atoms with Crippen LogP contribution in [0.2, 0.25) is 0 Å². The van der Waals surface area contributed by atoms with Crippen LogP contribution in [0.1, 0.15) is 20.8 Å². The van der Waals surface area contributed by atoms with Gasteiger partial charge in [0.25, 0.3) is 5.91 Å². The minimum absolute atomic E-state index is 0.0773. The minimum Gasteiger partial charge on any atom is -0.484 e. The maximum Gasteiger partial charge on any atom is 0.258 e. The monoisotopic (exact) mass is 308 g/mol. The molecule has 1 aromatic carbocycles. The van der Waals surface area contributed by atoms with E-state index in [4.69, 9.17) is 9.84 Å². The van der Waals surface area contributed by atoms with E-state index in [2.05, 4.69) is 10.6 Å². The molecule has 0 saturated carbocycles. The van der Waals surface area contributed by atoms with Crippen molar-refractivity contribution in [1.29, 1.82) is 0 Å². The van der Waals surface area contributed by atoms with Crippen molar-refractivity contribution in [3.8, 4) is 5.75 Å². The van der Waals surface area contributed by atoms with Gasteiger partial charge in [0.05, 0.1) is 6.61 Å². The third-order valence-corrected chi connectivity index (χ3v) is 3.04. The number of carbonyl (C=O) groups is 2. The average molecular weight is 308 g/mol. The Kier molecular flexibility index (Phi) is 7.39. The summed E-state index contributed by atoms with van der Waals surface area (Å²) in [7, 11) is 0. The highest BCUT2D eigenvalue weighted by atomic mass is 16.5. The van der Waals surface area contributed by atoms with E-state index in [-0.39, 0.29) is 37.0 Å². The fourth-order valence-electron chi connectivity index (χ4n) is 1.79. The van der Waals surface area contributed by atoms with Gasteiger partial charge >= 0.3 is 0 Å². The van der Waals surface area contributed by atoms with Crippen molar-refractivity contribution < 1.29 is 19.4 Å². The third-order valence-electron chi connectivity index (χ3n) is 3.04. The molecule has 6 nitrogen and oxygen atoms in total. The summed E-state index contributed by atoms with van der Waals surface area (Å²) >= 11 is 0. The molecule has 2 atom stereocenters. The number of hydrogen-bond acceptors (Lipinski definition) is 4. The first-order valence-corrected chi connectivity index (χ1v) is 7.32. The smallest absolute Gasteiger partial charge is 0.258 e. The Morgan fingerprint density at radius 3 is 2.32 bits per heavy atom. The Morgan fingerprint density at radius 2 is 1.77 bits per heavy atom. The molecule has 0 fully saturated rings. The molecule has 0 heterocycles.